The normalized spacial score (nSPS) is 11.5. The van der Waals surface area contributed by atoms with Crippen molar-refractivity contribution in [1.82, 2.24) is 0 Å². The van der Waals surface area contributed by atoms with Gasteiger partial charge in [0.05, 0.1) is 0 Å². The number of hydrogen-bond acceptors (Lipinski definition) is 1. The molecule has 136 valence electrons. The summed E-state index contributed by atoms with van der Waals surface area (Å²) in [6.45, 7) is 4.47. The maximum absolute atomic E-state index is 6.10. The van der Waals surface area contributed by atoms with Gasteiger partial charge in [0.15, 0.2) is 0 Å². The van der Waals surface area contributed by atoms with E-state index in [1.54, 1.807) is 0 Å². The Labute approximate surface area is 165 Å². The summed E-state index contributed by atoms with van der Waals surface area (Å²) in [5, 5.41) is 2.33. The quantitative estimate of drug-likeness (QED) is 0.316. The second kappa shape index (κ2) is 6.69. The second-order valence-corrected chi connectivity index (χ2v) is 7.67. The topological polar surface area (TPSA) is 13.1 Å². The van der Waals surface area contributed by atoms with Crippen molar-refractivity contribution in [2.45, 2.75) is 19.8 Å². The van der Waals surface area contributed by atoms with Gasteiger partial charge in [-0.3, -0.25) is 0 Å². The first-order valence-corrected chi connectivity index (χ1v) is 9.81. The van der Waals surface area contributed by atoms with E-state index in [0.29, 0.717) is 5.92 Å². The summed E-state index contributed by atoms with van der Waals surface area (Å²) in [5.41, 5.74) is 8.14. The van der Waals surface area contributed by atoms with Gasteiger partial charge < -0.3 is 4.42 Å². The van der Waals surface area contributed by atoms with Crippen molar-refractivity contribution >= 4 is 21.9 Å². The maximum atomic E-state index is 6.10. The van der Waals surface area contributed by atoms with Crippen LogP contribution < -0.4 is 0 Å². The maximum Gasteiger partial charge on any atom is 0.135 e. The number of furan rings is 1. The van der Waals surface area contributed by atoms with Crippen LogP contribution in [0.2, 0.25) is 0 Å². The minimum absolute atomic E-state index is 0.520. The molecule has 1 heteroatoms. The van der Waals surface area contributed by atoms with E-state index in [-0.39, 0.29) is 0 Å². The fraction of sp³-hybridized carbons (Fsp3) is 0.111. The van der Waals surface area contributed by atoms with Crippen molar-refractivity contribution in [3.05, 3.63) is 96.6 Å². The van der Waals surface area contributed by atoms with Crippen LogP contribution in [0.5, 0.6) is 0 Å². The summed E-state index contributed by atoms with van der Waals surface area (Å²) in [6, 6.07) is 32.3. The highest BCUT2D eigenvalue weighted by Gasteiger charge is 2.11. The number of rotatable bonds is 3. The molecule has 1 aromatic heterocycles. The predicted molar refractivity (Wildman–Crippen MR) is 119 cm³/mol. The number of fused-ring (bicyclic) bond motifs is 3. The Hall–Kier alpha value is -3.32. The van der Waals surface area contributed by atoms with Gasteiger partial charge in [-0.2, -0.15) is 0 Å². The summed E-state index contributed by atoms with van der Waals surface area (Å²) < 4.78 is 6.10. The molecule has 1 heterocycles. The molecular weight excluding hydrogens is 340 g/mol. The monoisotopic (exact) mass is 362 g/mol. The molecule has 0 aliphatic heterocycles. The summed E-state index contributed by atoms with van der Waals surface area (Å²) in [4.78, 5) is 0. The summed E-state index contributed by atoms with van der Waals surface area (Å²) >= 11 is 0. The molecule has 0 amide bonds. The van der Waals surface area contributed by atoms with Crippen LogP contribution in [-0.4, -0.2) is 0 Å². The molecule has 0 saturated carbocycles. The van der Waals surface area contributed by atoms with Crippen LogP contribution in [0, 0.1) is 0 Å². The zero-order valence-corrected chi connectivity index (χ0v) is 16.1. The van der Waals surface area contributed by atoms with E-state index in [1.807, 2.05) is 6.07 Å². The van der Waals surface area contributed by atoms with Gasteiger partial charge in [-0.15, -0.1) is 0 Å². The van der Waals surface area contributed by atoms with Gasteiger partial charge in [-0.05, 0) is 58.0 Å². The third-order valence-electron chi connectivity index (χ3n) is 5.46. The van der Waals surface area contributed by atoms with Crippen LogP contribution in [0.25, 0.3) is 44.2 Å². The van der Waals surface area contributed by atoms with Gasteiger partial charge in [-0.1, -0.05) is 80.6 Å². The average Bonchev–Trinajstić information content (AvgIpc) is 3.11. The molecule has 0 spiro atoms. The van der Waals surface area contributed by atoms with Gasteiger partial charge in [0.2, 0.25) is 0 Å². The van der Waals surface area contributed by atoms with Gasteiger partial charge >= 0.3 is 0 Å². The summed E-state index contributed by atoms with van der Waals surface area (Å²) in [7, 11) is 0. The Bertz CT molecular complexity index is 1280. The first-order valence-electron chi connectivity index (χ1n) is 9.81. The lowest BCUT2D eigenvalue weighted by Crippen LogP contribution is -1.87. The first kappa shape index (κ1) is 16.8. The minimum atomic E-state index is 0.520. The molecule has 0 aliphatic carbocycles. The van der Waals surface area contributed by atoms with Crippen LogP contribution in [0.15, 0.2) is 95.4 Å². The van der Waals surface area contributed by atoms with E-state index < -0.39 is 0 Å². The molecule has 0 fully saturated rings. The van der Waals surface area contributed by atoms with Gasteiger partial charge in [0.1, 0.15) is 11.2 Å². The predicted octanol–water partition coefficient (Wildman–Crippen LogP) is 8.04. The van der Waals surface area contributed by atoms with Gasteiger partial charge in [0.25, 0.3) is 0 Å². The van der Waals surface area contributed by atoms with Crippen molar-refractivity contribution < 1.29 is 4.42 Å². The van der Waals surface area contributed by atoms with Gasteiger partial charge in [-0.25, -0.2) is 0 Å². The highest BCUT2D eigenvalue weighted by atomic mass is 16.3. The molecule has 0 N–H and O–H groups in total. The smallest absolute Gasteiger partial charge is 0.135 e. The van der Waals surface area contributed by atoms with Crippen molar-refractivity contribution in [2.24, 2.45) is 0 Å². The fourth-order valence-corrected chi connectivity index (χ4v) is 3.84. The Balaban J connectivity index is 1.68. The van der Waals surface area contributed by atoms with E-state index in [0.717, 1.165) is 11.2 Å². The van der Waals surface area contributed by atoms with Crippen LogP contribution in [0.3, 0.4) is 0 Å². The van der Waals surface area contributed by atoms with Crippen molar-refractivity contribution in [3.8, 4) is 22.3 Å². The molecule has 1 nitrogen and oxygen atoms in total. The Kier molecular flexibility index (Phi) is 4.02. The van der Waals surface area contributed by atoms with Crippen LogP contribution in [0.4, 0.5) is 0 Å². The highest BCUT2D eigenvalue weighted by Crippen LogP contribution is 2.35. The van der Waals surface area contributed by atoms with Crippen molar-refractivity contribution in [2.75, 3.05) is 0 Å². The van der Waals surface area contributed by atoms with Crippen LogP contribution in [-0.2, 0) is 0 Å². The molecule has 0 unspecified atom stereocenters. The SMILES string of the molecule is CC(C)c1cccc(-c2ccc3oc4ccc(-c5ccccc5)cc4c3c2)c1. The lowest BCUT2D eigenvalue weighted by Gasteiger charge is -2.08. The Morgan fingerprint density at radius 2 is 1.11 bits per heavy atom. The Morgan fingerprint density at radius 3 is 1.75 bits per heavy atom. The summed E-state index contributed by atoms with van der Waals surface area (Å²) in [6.07, 6.45) is 0. The molecule has 0 radical (unpaired) electrons. The average molecular weight is 362 g/mol. The first-order chi connectivity index (χ1) is 13.7. The highest BCUT2D eigenvalue weighted by molar-refractivity contribution is 6.07. The van der Waals surface area contributed by atoms with E-state index in [9.17, 15) is 0 Å². The van der Waals surface area contributed by atoms with Crippen LogP contribution in [0.1, 0.15) is 25.3 Å². The molecule has 28 heavy (non-hydrogen) atoms. The lowest BCUT2D eigenvalue weighted by molar-refractivity contribution is 0.669. The zero-order valence-electron chi connectivity index (χ0n) is 16.1. The minimum Gasteiger partial charge on any atom is -0.456 e. The van der Waals surface area contributed by atoms with Gasteiger partial charge in [0, 0.05) is 10.8 Å². The van der Waals surface area contributed by atoms with Crippen molar-refractivity contribution in [1.29, 1.82) is 0 Å². The molecule has 0 bridgehead atoms. The molecule has 0 aliphatic rings. The van der Waals surface area contributed by atoms with E-state index in [1.165, 1.54) is 38.6 Å². The lowest BCUT2D eigenvalue weighted by atomic mass is 9.96. The van der Waals surface area contributed by atoms with Crippen molar-refractivity contribution in [3.63, 3.8) is 0 Å². The Morgan fingerprint density at radius 1 is 0.536 bits per heavy atom. The van der Waals surface area contributed by atoms with Crippen LogP contribution >= 0.6 is 0 Å². The third-order valence-corrected chi connectivity index (χ3v) is 5.46. The van der Waals surface area contributed by atoms with E-state index in [2.05, 4.69) is 98.8 Å². The third kappa shape index (κ3) is 2.90. The molecule has 0 saturated heterocycles. The molecule has 0 atom stereocenters. The molecule has 4 aromatic carbocycles. The van der Waals surface area contributed by atoms with E-state index >= 15 is 0 Å². The summed E-state index contributed by atoms with van der Waals surface area (Å²) in [5.74, 6) is 0.520. The largest absolute Gasteiger partial charge is 0.456 e. The molecular formula is C27H22O. The molecule has 5 aromatic rings. The molecule has 5 rings (SSSR count). The number of hydrogen-bond donors (Lipinski definition) is 0. The second-order valence-electron chi connectivity index (χ2n) is 7.67. The number of benzene rings is 4. The zero-order chi connectivity index (χ0) is 19.1. The fourth-order valence-electron chi connectivity index (χ4n) is 3.84. The van der Waals surface area contributed by atoms with E-state index in [4.69, 9.17) is 4.42 Å². The standard InChI is InChI=1S/C27H22O/c1-18(2)20-9-6-10-21(15-20)23-12-14-27-25(17-23)24-16-22(11-13-26(24)28-27)19-7-4-3-5-8-19/h3-18H,1-2H3.